The third kappa shape index (κ3) is 2.19. The van der Waals surface area contributed by atoms with Gasteiger partial charge in [-0.15, -0.1) is 0 Å². The lowest BCUT2D eigenvalue weighted by atomic mass is 10.1. The zero-order valence-corrected chi connectivity index (χ0v) is 7.45. The van der Waals surface area contributed by atoms with Crippen molar-refractivity contribution in [3.8, 4) is 0 Å². The predicted octanol–water partition coefficient (Wildman–Crippen LogP) is -0.560. The van der Waals surface area contributed by atoms with E-state index < -0.39 is 0 Å². The zero-order chi connectivity index (χ0) is 8.97. The molecule has 1 saturated heterocycles. The molecule has 0 unspecified atom stereocenters. The molecule has 1 heterocycles. The Morgan fingerprint density at radius 3 is 3.00 bits per heavy atom. The van der Waals surface area contributed by atoms with Crippen molar-refractivity contribution in [1.29, 1.82) is 0 Å². The molecule has 1 fully saturated rings. The zero-order valence-electron chi connectivity index (χ0n) is 7.45. The summed E-state index contributed by atoms with van der Waals surface area (Å²) in [4.78, 5) is 13.1. The summed E-state index contributed by atoms with van der Waals surface area (Å²) in [5.74, 6) is 0.567. The molecule has 1 atom stereocenters. The molecule has 0 aromatic heterocycles. The molecule has 2 N–H and O–H groups in total. The molecule has 4 heteroatoms. The van der Waals surface area contributed by atoms with Crippen molar-refractivity contribution in [3.63, 3.8) is 0 Å². The Kier molecular flexibility index (Phi) is 3.49. The van der Waals surface area contributed by atoms with Gasteiger partial charge in [0.15, 0.2) is 0 Å². The summed E-state index contributed by atoms with van der Waals surface area (Å²) >= 11 is 0. The number of ether oxygens (including phenoxy) is 1. The van der Waals surface area contributed by atoms with Crippen LogP contribution in [0, 0.1) is 5.92 Å². The Balaban J connectivity index is 2.31. The van der Waals surface area contributed by atoms with Gasteiger partial charge in [-0.3, -0.25) is 4.79 Å². The first-order valence-electron chi connectivity index (χ1n) is 4.24. The molecule has 0 aliphatic carbocycles. The van der Waals surface area contributed by atoms with Crippen LogP contribution in [-0.4, -0.2) is 44.2 Å². The highest BCUT2D eigenvalue weighted by Gasteiger charge is 2.27. The summed E-state index contributed by atoms with van der Waals surface area (Å²) in [6, 6.07) is 0. The van der Waals surface area contributed by atoms with E-state index in [0.29, 0.717) is 32.0 Å². The molecule has 0 bridgehead atoms. The van der Waals surface area contributed by atoms with Crippen molar-refractivity contribution in [2.75, 3.05) is 33.4 Å². The lowest BCUT2D eigenvalue weighted by Crippen LogP contribution is -2.29. The molecule has 1 aliphatic heterocycles. The summed E-state index contributed by atoms with van der Waals surface area (Å²) in [6.07, 6.45) is 0.611. The van der Waals surface area contributed by atoms with Crippen molar-refractivity contribution in [3.05, 3.63) is 0 Å². The summed E-state index contributed by atoms with van der Waals surface area (Å²) < 4.78 is 4.90. The predicted molar refractivity (Wildman–Crippen MR) is 45.6 cm³/mol. The summed E-state index contributed by atoms with van der Waals surface area (Å²) in [7, 11) is 1.64. The Labute approximate surface area is 72.7 Å². The Hall–Kier alpha value is -0.610. The first-order valence-corrected chi connectivity index (χ1v) is 4.24. The molecule has 70 valence electrons. The van der Waals surface area contributed by atoms with Gasteiger partial charge in [0, 0.05) is 26.6 Å². The molecule has 1 amide bonds. The largest absolute Gasteiger partial charge is 0.383 e. The van der Waals surface area contributed by atoms with E-state index in [-0.39, 0.29) is 5.91 Å². The summed E-state index contributed by atoms with van der Waals surface area (Å²) in [5, 5.41) is 0. The van der Waals surface area contributed by atoms with Gasteiger partial charge < -0.3 is 15.4 Å². The smallest absolute Gasteiger partial charge is 0.223 e. The third-order valence-electron chi connectivity index (χ3n) is 2.19. The van der Waals surface area contributed by atoms with Crippen LogP contribution in [0.4, 0.5) is 0 Å². The fourth-order valence-corrected chi connectivity index (χ4v) is 1.43. The van der Waals surface area contributed by atoms with Crippen molar-refractivity contribution in [2.24, 2.45) is 11.7 Å². The van der Waals surface area contributed by atoms with Gasteiger partial charge in [0.2, 0.25) is 5.91 Å². The average Bonchev–Trinajstić information content (AvgIpc) is 2.43. The summed E-state index contributed by atoms with van der Waals surface area (Å²) in [5.41, 5.74) is 5.48. The van der Waals surface area contributed by atoms with Crippen molar-refractivity contribution >= 4 is 5.91 Å². The maximum Gasteiger partial charge on any atom is 0.223 e. The van der Waals surface area contributed by atoms with E-state index in [4.69, 9.17) is 10.5 Å². The SMILES string of the molecule is COCCN1C[C@H](CN)CC1=O. The number of carbonyl (C=O) groups excluding carboxylic acids is 1. The second-order valence-corrected chi connectivity index (χ2v) is 3.14. The number of hydrogen-bond donors (Lipinski definition) is 1. The number of carbonyl (C=O) groups is 1. The fourth-order valence-electron chi connectivity index (χ4n) is 1.43. The highest BCUT2D eigenvalue weighted by Crippen LogP contribution is 2.15. The Bertz CT molecular complexity index is 161. The van der Waals surface area contributed by atoms with Crippen LogP contribution in [0.1, 0.15) is 6.42 Å². The molecular weight excluding hydrogens is 156 g/mol. The molecule has 12 heavy (non-hydrogen) atoms. The number of hydrogen-bond acceptors (Lipinski definition) is 3. The van der Waals surface area contributed by atoms with Gasteiger partial charge in [0.05, 0.1) is 6.61 Å². The topological polar surface area (TPSA) is 55.6 Å². The highest BCUT2D eigenvalue weighted by atomic mass is 16.5. The lowest BCUT2D eigenvalue weighted by Gasteiger charge is -2.15. The highest BCUT2D eigenvalue weighted by molar-refractivity contribution is 5.78. The quantitative estimate of drug-likeness (QED) is 0.618. The van der Waals surface area contributed by atoms with Crippen molar-refractivity contribution in [1.82, 2.24) is 4.90 Å². The van der Waals surface area contributed by atoms with E-state index in [9.17, 15) is 4.79 Å². The maximum atomic E-state index is 11.3. The van der Waals surface area contributed by atoms with Crippen LogP contribution < -0.4 is 5.73 Å². The Morgan fingerprint density at radius 1 is 1.75 bits per heavy atom. The van der Waals surface area contributed by atoms with Gasteiger partial charge in [-0.05, 0) is 12.5 Å². The van der Waals surface area contributed by atoms with Crippen LogP contribution >= 0.6 is 0 Å². The molecule has 0 spiro atoms. The van der Waals surface area contributed by atoms with Gasteiger partial charge in [-0.1, -0.05) is 0 Å². The number of methoxy groups -OCH3 is 1. The van der Waals surface area contributed by atoms with E-state index in [0.717, 1.165) is 6.54 Å². The minimum atomic E-state index is 0.211. The second kappa shape index (κ2) is 4.42. The van der Waals surface area contributed by atoms with Gasteiger partial charge in [0.1, 0.15) is 0 Å². The van der Waals surface area contributed by atoms with Gasteiger partial charge in [-0.2, -0.15) is 0 Å². The number of rotatable bonds is 4. The van der Waals surface area contributed by atoms with Gasteiger partial charge >= 0.3 is 0 Å². The summed E-state index contributed by atoms with van der Waals surface area (Å²) in [6.45, 7) is 2.72. The third-order valence-corrected chi connectivity index (χ3v) is 2.19. The van der Waals surface area contributed by atoms with Crippen molar-refractivity contribution < 1.29 is 9.53 Å². The minimum Gasteiger partial charge on any atom is -0.383 e. The number of nitrogens with two attached hydrogens (primary N) is 1. The van der Waals surface area contributed by atoms with Crippen LogP contribution in [0.15, 0.2) is 0 Å². The Morgan fingerprint density at radius 2 is 2.50 bits per heavy atom. The maximum absolute atomic E-state index is 11.3. The van der Waals surface area contributed by atoms with Gasteiger partial charge in [-0.25, -0.2) is 0 Å². The van der Waals surface area contributed by atoms with E-state index in [2.05, 4.69) is 0 Å². The molecule has 1 aliphatic rings. The first kappa shape index (κ1) is 9.48. The van der Waals surface area contributed by atoms with Crippen LogP contribution in [0.2, 0.25) is 0 Å². The molecule has 0 radical (unpaired) electrons. The monoisotopic (exact) mass is 172 g/mol. The lowest BCUT2D eigenvalue weighted by molar-refractivity contribution is -0.128. The van der Waals surface area contributed by atoms with Crippen LogP contribution in [-0.2, 0) is 9.53 Å². The number of nitrogens with zero attached hydrogens (tertiary/aromatic N) is 1. The molecule has 1 rings (SSSR count). The van der Waals surface area contributed by atoms with Gasteiger partial charge in [0.25, 0.3) is 0 Å². The molecule has 0 aromatic rings. The van der Waals surface area contributed by atoms with E-state index >= 15 is 0 Å². The van der Waals surface area contributed by atoms with E-state index in [1.807, 2.05) is 4.90 Å². The molecular formula is C8H16N2O2. The van der Waals surface area contributed by atoms with E-state index in [1.165, 1.54) is 0 Å². The minimum absolute atomic E-state index is 0.211. The number of likely N-dealkylation sites (tertiary alicyclic amines) is 1. The molecule has 0 aromatic carbocycles. The van der Waals surface area contributed by atoms with Crippen LogP contribution in [0.5, 0.6) is 0 Å². The van der Waals surface area contributed by atoms with Crippen LogP contribution in [0.25, 0.3) is 0 Å². The van der Waals surface area contributed by atoms with E-state index in [1.54, 1.807) is 7.11 Å². The standard InChI is InChI=1S/C8H16N2O2/c1-12-3-2-10-6-7(5-9)4-8(10)11/h7H,2-6,9H2,1H3/t7-/m0/s1. The fraction of sp³-hybridized carbons (Fsp3) is 0.875. The average molecular weight is 172 g/mol. The van der Waals surface area contributed by atoms with Crippen molar-refractivity contribution in [2.45, 2.75) is 6.42 Å². The number of amides is 1. The second-order valence-electron chi connectivity index (χ2n) is 3.14. The normalized spacial score (nSPS) is 23.7. The van der Waals surface area contributed by atoms with Crippen LogP contribution in [0.3, 0.4) is 0 Å². The first-order chi connectivity index (χ1) is 5.77. The molecule has 4 nitrogen and oxygen atoms in total. The molecule has 0 saturated carbocycles.